The number of benzene rings is 2. The van der Waals surface area contributed by atoms with Crippen molar-refractivity contribution in [1.29, 1.82) is 5.26 Å². The maximum atomic E-state index is 12.1. The fourth-order valence-electron chi connectivity index (χ4n) is 2.89. The van der Waals surface area contributed by atoms with E-state index < -0.39 is 5.91 Å². The Hall–Kier alpha value is -3.34. The largest absolute Gasteiger partial charge is 0.494 e. The number of nitrogens with one attached hydrogen (secondary N) is 1. The third kappa shape index (κ3) is 8.60. The van der Waals surface area contributed by atoms with Crippen molar-refractivity contribution in [2.45, 2.75) is 26.7 Å². The Balaban J connectivity index is 1.81. The lowest BCUT2D eigenvalue weighted by atomic mass is 10.1. The van der Waals surface area contributed by atoms with E-state index in [1.165, 1.54) is 13.2 Å². The fraction of sp³-hybridized carbons (Fsp3) is 0.320. The van der Waals surface area contributed by atoms with Gasteiger partial charge in [-0.2, -0.15) is 5.26 Å². The molecule has 0 bridgehead atoms. The second kappa shape index (κ2) is 13.3. The Bertz CT molecular complexity index is 1020. The summed E-state index contributed by atoms with van der Waals surface area (Å²) in [5.74, 6) is 0.248. The Morgan fingerprint density at radius 2 is 1.76 bits per heavy atom. The topological polar surface area (TPSA) is 97.6 Å². The molecule has 0 atom stereocenters. The summed E-state index contributed by atoms with van der Waals surface area (Å²) in [6.07, 6.45) is 2.17. The fourth-order valence-corrected chi connectivity index (χ4v) is 3.00. The van der Waals surface area contributed by atoms with Gasteiger partial charge < -0.3 is 19.5 Å². The number of carbonyl (C=O) groups is 2. The minimum Gasteiger partial charge on any atom is -0.494 e. The molecule has 0 aromatic heterocycles. The van der Waals surface area contributed by atoms with Gasteiger partial charge in [0.2, 0.25) is 0 Å². The van der Waals surface area contributed by atoms with E-state index in [1.807, 2.05) is 32.0 Å². The number of halogens is 1. The molecule has 7 nitrogen and oxygen atoms in total. The molecule has 2 aromatic carbocycles. The monoisotopic (exact) mass is 470 g/mol. The van der Waals surface area contributed by atoms with Gasteiger partial charge in [-0.1, -0.05) is 23.7 Å². The zero-order valence-electron chi connectivity index (χ0n) is 18.9. The molecule has 0 fully saturated rings. The minimum atomic E-state index is -0.476. The lowest BCUT2D eigenvalue weighted by Gasteiger charge is -2.10. The van der Waals surface area contributed by atoms with E-state index in [-0.39, 0.29) is 18.0 Å². The van der Waals surface area contributed by atoms with Crippen LogP contribution in [0.15, 0.2) is 42.0 Å². The standard InChI is InChI=1S/C25H27ClN2O5/c1-17-13-22(14-18(2)24(17)26)32-11-4-5-23(29)33-21-8-6-19(7-9-21)15-20(16-27)25(30)28-10-12-31-3/h6-9,13-15H,4-5,10-12H2,1-3H3,(H,28,30)/b20-15+. The van der Waals surface area contributed by atoms with E-state index in [0.717, 1.165) is 21.9 Å². The molecule has 8 heteroatoms. The second-order valence-corrected chi connectivity index (χ2v) is 7.66. The lowest BCUT2D eigenvalue weighted by molar-refractivity contribution is -0.134. The number of carbonyl (C=O) groups excluding carboxylic acids is 2. The highest BCUT2D eigenvalue weighted by Gasteiger charge is 2.09. The average molecular weight is 471 g/mol. The van der Waals surface area contributed by atoms with Crippen LogP contribution in [-0.2, 0) is 14.3 Å². The first-order valence-corrected chi connectivity index (χ1v) is 10.8. The summed E-state index contributed by atoms with van der Waals surface area (Å²) in [5, 5.41) is 12.5. The molecule has 0 aliphatic heterocycles. The third-order valence-electron chi connectivity index (χ3n) is 4.58. The average Bonchev–Trinajstić information content (AvgIpc) is 2.79. The van der Waals surface area contributed by atoms with Gasteiger partial charge in [0.05, 0.1) is 13.2 Å². The number of aryl methyl sites for hydroxylation is 2. The van der Waals surface area contributed by atoms with Crippen LogP contribution in [0, 0.1) is 25.2 Å². The molecular weight excluding hydrogens is 444 g/mol. The van der Waals surface area contributed by atoms with Crippen LogP contribution in [0.5, 0.6) is 11.5 Å². The summed E-state index contributed by atoms with van der Waals surface area (Å²) in [4.78, 5) is 24.1. The van der Waals surface area contributed by atoms with E-state index in [0.29, 0.717) is 37.5 Å². The number of hydrogen-bond donors (Lipinski definition) is 1. The van der Waals surface area contributed by atoms with Crippen LogP contribution in [0.4, 0.5) is 0 Å². The van der Waals surface area contributed by atoms with Gasteiger partial charge in [0.1, 0.15) is 23.1 Å². The van der Waals surface area contributed by atoms with E-state index >= 15 is 0 Å². The van der Waals surface area contributed by atoms with Crippen molar-refractivity contribution in [1.82, 2.24) is 5.32 Å². The summed E-state index contributed by atoms with van der Waals surface area (Å²) in [6, 6.07) is 12.2. The van der Waals surface area contributed by atoms with Crippen LogP contribution in [0.1, 0.15) is 29.5 Å². The van der Waals surface area contributed by atoms with Gasteiger partial charge in [-0.15, -0.1) is 0 Å². The van der Waals surface area contributed by atoms with Gasteiger partial charge in [-0.25, -0.2) is 0 Å². The van der Waals surface area contributed by atoms with Crippen molar-refractivity contribution in [2.24, 2.45) is 0 Å². The number of rotatable bonds is 11. The van der Waals surface area contributed by atoms with Crippen molar-refractivity contribution >= 4 is 29.6 Å². The molecule has 1 amide bonds. The smallest absolute Gasteiger partial charge is 0.311 e. The molecule has 2 aromatic rings. The van der Waals surface area contributed by atoms with Crippen LogP contribution in [0.25, 0.3) is 6.08 Å². The molecule has 0 unspecified atom stereocenters. The normalized spacial score (nSPS) is 10.9. The molecule has 33 heavy (non-hydrogen) atoms. The SMILES string of the molecule is COCCNC(=O)/C(C#N)=C/c1ccc(OC(=O)CCCOc2cc(C)c(Cl)c(C)c2)cc1. The van der Waals surface area contributed by atoms with Crippen LogP contribution < -0.4 is 14.8 Å². The first-order chi connectivity index (χ1) is 15.8. The molecule has 2 rings (SSSR count). The lowest BCUT2D eigenvalue weighted by Crippen LogP contribution is -2.27. The van der Waals surface area contributed by atoms with Gasteiger partial charge in [-0.3, -0.25) is 9.59 Å². The molecule has 0 aliphatic rings. The first-order valence-electron chi connectivity index (χ1n) is 10.4. The number of methoxy groups -OCH3 is 1. The highest BCUT2D eigenvalue weighted by molar-refractivity contribution is 6.32. The highest BCUT2D eigenvalue weighted by atomic mass is 35.5. The van der Waals surface area contributed by atoms with Crippen molar-refractivity contribution in [2.75, 3.05) is 26.9 Å². The minimum absolute atomic E-state index is 0.0260. The zero-order chi connectivity index (χ0) is 24.2. The summed E-state index contributed by atoms with van der Waals surface area (Å²) in [7, 11) is 1.53. The van der Waals surface area contributed by atoms with Crippen molar-refractivity contribution < 1.29 is 23.8 Å². The molecule has 174 valence electrons. The Labute approximate surface area is 198 Å². The first kappa shape index (κ1) is 25.9. The maximum Gasteiger partial charge on any atom is 0.311 e. The van der Waals surface area contributed by atoms with Gasteiger partial charge in [0, 0.05) is 25.1 Å². The molecule has 0 spiro atoms. The molecule has 0 radical (unpaired) electrons. The number of ether oxygens (including phenoxy) is 3. The predicted molar refractivity (Wildman–Crippen MR) is 126 cm³/mol. The van der Waals surface area contributed by atoms with E-state index in [9.17, 15) is 14.9 Å². The quantitative estimate of drug-likeness (QED) is 0.172. The molecule has 1 N–H and O–H groups in total. The molecule has 0 heterocycles. The summed E-state index contributed by atoms with van der Waals surface area (Å²) >= 11 is 6.15. The van der Waals surface area contributed by atoms with E-state index in [4.69, 9.17) is 25.8 Å². The maximum absolute atomic E-state index is 12.1. The molecule has 0 aliphatic carbocycles. The number of nitriles is 1. The van der Waals surface area contributed by atoms with E-state index in [2.05, 4.69) is 5.32 Å². The van der Waals surface area contributed by atoms with E-state index in [1.54, 1.807) is 24.3 Å². The number of amides is 1. The third-order valence-corrected chi connectivity index (χ3v) is 5.18. The Kier molecular flexibility index (Phi) is 10.4. The Morgan fingerprint density at radius 1 is 1.09 bits per heavy atom. The number of esters is 1. The predicted octanol–water partition coefficient (Wildman–Crippen LogP) is 4.39. The summed E-state index contributed by atoms with van der Waals surface area (Å²) < 4.78 is 15.9. The van der Waals surface area contributed by atoms with Crippen molar-refractivity contribution in [3.05, 3.63) is 63.7 Å². The molecule has 0 saturated carbocycles. The highest BCUT2D eigenvalue weighted by Crippen LogP contribution is 2.26. The zero-order valence-corrected chi connectivity index (χ0v) is 19.7. The van der Waals surface area contributed by atoms with Crippen molar-refractivity contribution in [3.8, 4) is 17.6 Å². The van der Waals surface area contributed by atoms with Crippen LogP contribution in [0.2, 0.25) is 5.02 Å². The van der Waals surface area contributed by atoms with Crippen molar-refractivity contribution in [3.63, 3.8) is 0 Å². The number of nitrogens with zero attached hydrogens (tertiary/aromatic N) is 1. The van der Waals surface area contributed by atoms with Crippen LogP contribution in [0.3, 0.4) is 0 Å². The van der Waals surface area contributed by atoms with Gasteiger partial charge in [0.25, 0.3) is 5.91 Å². The van der Waals surface area contributed by atoms with Gasteiger partial charge in [0.15, 0.2) is 0 Å². The summed E-state index contributed by atoms with van der Waals surface area (Å²) in [5.41, 5.74) is 2.49. The molecule has 0 saturated heterocycles. The second-order valence-electron chi connectivity index (χ2n) is 7.28. The van der Waals surface area contributed by atoms with Gasteiger partial charge in [-0.05, 0) is 67.3 Å². The van der Waals surface area contributed by atoms with Gasteiger partial charge >= 0.3 is 5.97 Å². The van der Waals surface area contributed by atoms with Crippen LogP contribution >= 0.6 is 11.6 Å². The number of hydrogen-bond acceptors (Lipinski definition) is 6. The molecular formula is C25H27ClN2O5. The Morgan fingerprint density at radius 3 is 2.36 bits per heavy atom. The van der Waals surface area contributed by atoms with Crippen LogP contribution in [-0.4, -0.2) is 38.7 Å². The summed E-state index contributed by atoms with van der Waals surface area (Å²) in [6.45, 7) is 4.88.